The molecule has 0 aromatic rings. The van der Waals surface area contributed by atoms with Crippen LogP contribution in [0.5, 0.6) is 0 Å². The van der Waals surface area contributed by atoms with Crippen LogP contribution >= 0.6 is 0 Å². The fraction of sp³-hybridized carbons (Fsp3) is 0.875. The predicted octanol–water partition coefficient (Wildman–Crippen LogP) is 1.41. The van der Waals surface area contributed by atoms with E-state index in [0.717, 1.165) is 0 Å². The number of piperidine rings is 1. The van der Waals surface area contributed by atoms with E-state index in [2.05, 4.69) is 5.32 Å². The summed E-state index contributed by atoms with van der Waals surface area (Å²) in [5, 5.41) is 3.32. The van der Waals surface area contributed by atoms with Crippen LogP contribution in [0.1, 0.15) is 34.1 Å². The molecule has 0 aromatic heterocycles. The molecule has 0 saturated carbocycles. The molecule has 1 aliphatic rings. The molecule has 7 heteroatoms. The van der Waals surface area contributed by atoms with Gasteiger partial charge >= 0.3 is 12.1 Å². The second kappa shape index (κ2) is 9.08. The Balaban J connectivity index is 2.70. The molecule has 1 aliphatic heterocycles. The van der Waals surface area contributed by atoms with Crippen molar-refractivity contribution in [2.24, 2.45) is 5.92 Å². The number of carbonyl (C=O) groups excluding carboxylic acids is 2. The van der Waals surface area contributed by atoms with Gasteiger partial charge in [0.05, 0.1) is 19.1 Å². The molecule has 1 saturated heterocycles. The normalized spacial score (nSPS) is 21.9. The van der Waals surface area contributed by atoms with Crippen molar-refractivity contribution in [2.75, 3.05) is 40.0 Å². The van der Waals surface area contributed by atoms with Gasteiger partial charge in [0.25, 0.3) is 0 Å². The van der Waals surface area contributed by atoms with Crippen LogP contribution in [0.25, 0.3) is 0 Å². The Morgan fingerprint density at radius 2 is 2.00 bits per heavy atom. The highest BCUT2D eigenvalue weighted by atomic mass is 16.6. The Kier molecular flexibility index (Phi) is 7.78. The van der Waals surface area contributed by atoms with Crippen molar-refractivity contribution < 1.29 is 23.8 Å². The first kappa shape index (κ1) is 19.7. The number of ether oxygens (including phenoxy) is 3. The van der Waals surface area contributed by atoms with E-state index in [4.69, 9.17) is 14.2 Å². The Morgan fingerprint density at radius 3 is 2.57 bits per heavy atom. The first-order valence-corrected chi connectivity index (χ1v) is 8.15. The summed E-state index contributed by atoms with van der Waals surface area (Å²) in [5.41, 5.74) is -0.552. The van der Waals surface area contributed by atoms with Crippen LogP contribution in [0, 0.1) is 5.92 Å². The number of hydrogen-bond donors (Lipinski definition) is 1. The van der Waals surface area contributed by atoms with E-state index in [-0.39, 0.29) is 18.1 Å². The fourth-order valence-electron chi connectivity index (χ4n) is 2.52. The summed E-state index contributed by atoms with van der Waals surface area (Å²) in [6.45, 7) is 9.66. The summed E-state index contributed by atoms with van der Waals surface area (Å²) in [6, 6.07) is -0.0251. The zero-order valence-corrected chi connectivity index (χ0v) is 14.9. The van der Waals surface area contributed by atoms with Crippen LogP contribution in [-0.2, 0) is 19.0 Å². The monoisotopic (exact) mass is 330 g/mol. The van der Waals surface area contributed by atoms with Crippen LogP contribution in [0.3, 0.4) is 0 Å². The minimum Gasteiger partial charge on any atom is -0.466 e. The van der Waals surface area contributed by atoms with Crippen molar-refractivity contribution in [3.05, 3.63) is 0 Å². The van der Waals surface area contributed by atoms with Gasteiger partial charge in [-0.25, -0.2) is 4.79 Å². The average Bonchev–Trinajstić information content (AvgIpc) is 2.46. The summed E-state index contributed by atoms with van der Waals surface area (Å²) in [6.07, 6.45) is 0.286. The number of rotatable bonds is 6. The number of amides is 1. The number of nitrogens with zero attached hydrogens (tertiary/aromatic N) is 1. The molecule has 0 spiro atoms. The number of hydrogen-bond acceptors (Lipinski definition) is 6. The van der Waals surface area contributed by atoms with Gasteiger partial charge in [0.15, 0.2) is 0 Å². The van der Waals surface area contributed by atoms with Crippen LogP contribution in [0.2, 0.25) is 0 Å². The lowest BCUT2D eigenvalue weighted by atomic mass is 9.92. The number of esters is 1. The molecule has 0 aliphatic carbocycles. The van der Waals surface area contributed by atoms with Gasteiger partial charge in [-0.1, -0.05) is 0 Å². The van der Waals surface area contributed by atoms with Gasteiger partial charge in [-0.3, -0.25) is 4.79 Å². The molecule has 0 unspecified atom stereocenters. The molecule has 0 radical (unpaired) electrons. The largest absolute Gasteiger partial charge is 0.466 e. The van der Waals surface area contributed by atoms with Crippen LogP contribution in [0.4, 0.5) is 4.79 Å². The second-order valence-corrected chi connectivity index (χ2v) is 6.63. The van der Waals surface area contributed by atoms with Gasteiger partial charge < -0.3 is 24.4 Å². The molecule has 2 atom stereocenters. The molecule has 134 valence electrons. The van der Waals surface area contributed by atoms with Crippen molar-refractivity contribution in [1.29, 1.82) is 0 Å². The van der Waals surface area contributed by atoms with Crippen LogP contribution in [0.15, 0.2) is 0 Å². The molecule has 1 heterocycles. The van der Waals surface area contributed by atoms with Gasteiger partial charge in [-0.15, -0.1) is 0 Å². The standard InChI is InChI=1S/C16H30N2O5/c1-6-22-14(19)12-11-18(15(20)23-16(2,3)4)9-7-13(12)17-8-10-21-5/h12-13,17H,6-11H2,1-5H3/t12-,13-/m1/s1. The Hall–Kier alpha value is -1.34. The highest BCUT2D eigenvalue weighted by molar-refractivity contribution is 5.75. The van der Waals surface area contributed by atoms with Gasteiger partial charge in [0.1, 0.15) is 5.60 Å². The maximum atomic E-state index is 12.2. The SMILES string of the molecule is CCOC(=O)[C@@H]1CN(C(=O)OC(C)(C)C)CC[C@H]1NCCOC. The summed E-state index contributed by atoms with van der Waals surface area (Å²) in [7, 11) is 1.63. The summed E-state index contributed by atoms with van der Waals surface area (Å²) >= 11 is 0. The van der Waals surface area contributed by atoms with E-state index < -0.39 is 11.5 Å². The number of likely N-dealkylation sites (tertiary alicyclic amines) is 1. The second-order valence-electron chi connectivity index (χ2n) is 6.63. The highest BCUT2D eigenvalue weighted by Gasteiger charge is 2.38. The zero-order chi connectivity index (χ0) is 17.5. The lowest BCUT2D eigenvalue weighted by Crippen LogP contribution is -2.55. The minimum absolute atomic E-state index is 0.0251. The average molecular weight is 330 g/mol. The van der Waals surface area contributed by atoms with Gasteiger partial charge in [0, 0.05) is 32.8 Å². The summed E-state index contributed by atoms with van der Waals surface area (Å²) < 4.78 is 15.6. The van der Waals surface area contributed by atoms with Crippen molar-refractivity contribution in [3.8, 4) is 0 Å². The molecule has 1 rings (SSSR count). The first-order valence-electron chi connectivity index (χ1n) is 8.15. The molecule has 0 bridgehead atoms. The number of carbonyl (C=O) groups is 2. The third-order valence-corrected chi connectivity index (χ3v) is 3.57. The van der Waals surface area contributed by atoms with E-state index in [1.807, 2.05) is 20.8 Å². The molecule has 7 nitrogen and oxygen atoms in total. The predicted molar refractivity (Wildman–Crippen MR) is 86.2 cm³/mol. The first-order chi connectivity index (χ1) is 10.8. The quantitative estimate of drug-likeness (QED) is 0.586. The molecule has 1 fully saturated rings. The molecule has 0 aromatic carbocycles. The van der Waals surface area contributed by atoms with E-state index in [1.165, 1.54) is 0 Å². The molecule has 23 heavy (non-hydrogen) atoms. The van der Waals surface area contributed by atoms with E-state index in [0.29, 0.717) is 39.3 Å². The highest BCUT2D eigenvalue weighted by Crippen LogP contribution is 2.21. The molecule has 1 N–H and O–H groups in total. The van der Waals surface area contributed by atoms with Gasteiger partial charge in [-0.2, -0.15) is 0 Å². The maximum Gasteiger partial charge on any atom is 0.410 e. The van der Waals surface area contributed by atoms with Crippen molar-refractivity contribution in [3.63, 3.8) is 0 Å². The summed E-state index contributed by atoms with van der Waals surface area (Å²) in [5.74, 6) is -0.677. The van der Waals surface area contributed by atoms with Gasteiger partial charge in [0.2, 0.25) is 0 Å². The number of nitrogens with one attached hydrogen (secondary N) is 1. The van der Waals surface area contributed by atoms with Crippen LogP contribution in [-0.4, -0.2) is 68.6 Å². The van der Waals surface area contributed by atoms with Crippen molar-refractivity contribution >= 4 is 12.1 Å². The fourth-order valence-corrected chi connectivity index (χ4v) is 2.52. The van der Waals surface area contributed by atoms with E-state index in [1.54, 1.807) is 18.9 Å². The minimum atomic E-state index is -0.552. The van der Waals surface area contributed by atoms with Crippen molar-refractivity contribution in [1.82, 2.24) is 10.2 Å². The zero-order valence-electron chi connectivity index (χ0n) is 14.9. The molecular formula is C16H30N2O5. The third kappa shape index (κ3) is 6.74. The lowest BCUT2D eigenvalue weighted by molar-refractivity contribution is -0.150. The van der Waals surface area contributed by atoms with Crippen molar-refractivity contribution in [2.45, 2.75) is 45.8 Å². The Bertz CT molecular complexity index is 394. The maximum absolute atomic E-state index is 12.2. The third-order valence-electron chi connectivity index (χ3n) is 3.57. The Morgan fingerprint density at radius 1 is 1.30 bits per heavy atom. The molecular weight excluding hydrogens is 300 g/mol. The van der Waals surface area contributed by atoms with Crippen LogP contribution < -0.4 is 5.32 Å². The molecule has 1 amide bonds. The Labute approximate surface area is 138 Å². The van der Waals surface area contributed by atoms with E-state index in [9.17, 15) is 9.59 Å². The van der Waals surface area contributed by atoms with Gasteiger partial charge in [-0.05, 0) is 34.1 Å². The van der Waals surface area contributed by atoms with E-state index >= 15 is 0 Å². The number of methoxy groups -OCH3 is 1. The topological polar surface area (TPSA) is 77.1 Å². The summed E-state index contributed by atoms with van der Waals surface area (Å²) in [4.78, 5) is 26.0. The lowest BCUT2D eigenvalue weighted by Gasteiger charge is -2.38. The smallest absolute Gasteiger partial charge is 0.410 e.